The van der Waals surface area contributed by atoms with Crippen molar-refractivity contribution in [3.8, 4) is 11.5 Å². The molecule has 0 unspecified atom stereocenters. The fraction of sp³-hybridized carbons (Fsp3) is 0.455. The van der Waals surface area contributed by atoms with Gasteiger partial charge in [-0.3, -0.25) is 0 Å². The Balaban J connectivity index is 2.72. The van der Waals surface area contributed by atoms with Crippen molar-refractivity contribution in [3.63, 3.8) is 0 Å². The van der Waals surface area contributed by atoms with Gasteiger partial charge in [0.1, 0.15) is 11.5 Å². The predicted molar refractivity (Wildman–Crippen MR) is 60.6 cm³/mol. The van der Waals surface area contributed by atoms with E-state index in [4.69, 9.17) is 20.4 Å². The van der Waals surface area contributed by atoms with Crippen LogP contribution in [0.25, 0.3) is 0 Å². The van der Waals surface area contributed by atoms with Crippen LogP contribution in [0, 0.1) is 0 Å². The molecule has 0 amide bonds. The second kappa shape index (κ2) is 5.83. The molecular formula is C11H17NO5. The Morgan fingerprint density at radius 3 is 2.06 bits per heavy atom. The molecule has 0 radical (unpaired) electrons. The van der Waals surface area contributed by atoms with Gasteiger partial charge < -0.3 is 30.8 Å². The Bertz CT molecular complexity index is 357. The quantitative estimate of drug-likeness (QED) is 0.378. The van der Waals surface area contributed by atoms with Gasteiger partial charge in [-0.05, 0) is 6.07 Å². The summed E-state index contributed by atoms with van der Waals surface area (Å²) in [5.41, 5.74) is -0.702. The molecule has 0 saturated heterocycles. The van der Waals surface area contributed by atoms with Crippen LogP contribution in [-0.2, 0) is 6.54 Å². The average molecular weight is 243 g/mol. The van der Waals surface area contributed by atoms with Crippen molar-refractivity contribution in [2.24, 2.45) is 0 Å². The number of benzene rings is 1. The fourth-order valence-electron chi connectivity index (χ4n) is 1.30. The molecule has 0 saturated carbocycles. The Kier molecular flexibility index (Phi) is 4.71. The summed E-state index contributed by atoms with van der Waals surface area (Å²) in [6.07, 6.45) is 0. The van der Waals surface area contributed by atoms with Crippen molar-refractivity contribution in [2.45, 2.75) is 12.1 Å². The van der Waals surface area contributed by atoms with E-state index in [0.717, 1.165) is 0 Å². The van der Waals surface area contributed by atoms with Gasteiger partial charge in [0.05, 0.1) is 25.4 Å². The molecule has 1 aromatic carbocycles. The topological polar surface area (TPSA) is 113 Å². The summed E-state index contributed by atoms with van der Waals surface area (Å²) in [5.74, 6) is -0.149. The van der Waals surface area contributed by atoms with Crippen molar-refractivity contribution in [3.05, 3.63) is 23.8 Å². The largest absolute Gasteiger partial charge is 0.508 e. The third kappa shape index (κ3) is 3.31. The minimum atomic E-state index is -1.19. The molecule has 0 aliphatic rings. The third-order valence-electron chi connectivity index (χ3n) is 2.63. The number of phenolic OH excluding ortho intramolecular Hbond substituents is 2. The van der Waals surface area contributed by atoms with E-state index in [2.05, 4.69) is 5.32 Å². The molecule has 0 aliphatic carbocycles. The van der Waals surface area contributed by atoms with E-state index in [1.807, 2.05) is 0 Å². The molecule has 0 atom stereocenters. The van der Waals surface area contributed by atoms with Gasteiger partial charge in [-0.15, -0.1) is 0 Å². The van der Waals surface area contributed by atoms with E-state index < -0.39 is 25.4 Å². The van der Waals surface area contributed by atoms with E-state index in [1.54, 1.807) is 0 Å². The molecule has 0 aliphatic heterocycles. The van der Waals surface area contributed by atoms with Crippen molar-refractivity contribution < 1.29 is 25.5 Å². The molecular weight excluding hydrogens is 226 g/mol. The summed E-state index contributed by atoms with van der Waals surface area (Å²) < 4.78 is 0. The Labute approximate surface area is 98.8 Å². The molecule has 1 rings (SSSR count). The van der Waals surface area contributed by atoms with E-state index in [9.17, 15) is 5.11 Å². The van der Waals surface area contributed by atoms with Crippen LogP contribution >= 0.6 is 0 Å². The zero-order chi connectivity index (χ0) is 12.9. The van der Waals surface area contributed by atoms with Crippen molar-refractivity contribution in [2.75, 3.05) is 19.8 Å². The number of aliphatic hydroxyl groups excluding tert-OH is 3. The Morgan fingerprint density at radius 1 is 1.00 bits per heavy atom. The van der Waals surface area contributed by atoms with Gasteiger partial charge in [-0.2, -0.15) is 0 Å². The highest BCUT2D eigenvalue weighted by molar-refractivity contribution is 5.38. The number of rotatable bonds is 6. The highest BCUT2D eigenvalue weighted by atomic mass is 16.3. The normalized spacial score (nSPS) is 11.7. The predicted octanol–water partition coefficient (Wildman–Crippen LogP) is -1.10. The smallest absolute Gasteiger partial charge is 0.123 e. The van der Waals surface area contributed by atoms with Gasteiger partial charge in [0.25, 0.3) is 0 Å². The summed E-state index contributed by atoms with van der Waals surface area (Å²) in [4.78, 5) is 0. The van der Waals surface area contributed by atoms with E-state index in [1.165, 1.54) is 18.2 Å². The lowest BCUT2D eigenvalue weighted by Gasteiger charge is -2.29. The lowest BCUT2D eigenvalue weighted by atomic mass is 10.0. The molecule has 1 aromatic rings. The highest BCUT2D eigenvalue weighted by Crippen LogP contribution is 2.22. The minimum absolute atomic E-state index is 0.0519. The third-order valence-corrected chi connectivity index (χ3v) is 2.63. The standard InChI is InChI=1S/C11H17NO5/c13-5-11(6-14,7-15)12-4-8-1-2-9(16)3-10(8)17/h1-3,12-17H,4-7H2. The van der Waals surface area contributed by atoms with Crippen LogP contribution in [0.5, 0.6) is 11.5 Å². The Hall–Kier alpha value is -1.34. The van der Waals surface area contributed by atoms with Crippen LogP contribution in [0.2, 0.25) is 0 Å². The van der Waals surface area contributed by atoms with Gasteiger partial charge >= 0.3 is 0 Å². The number of aromatic hydroxyl groups is 2. The van der Waals surface area contributed by atoms with Crippen LogP contribution in [0.15, 0.2) is 18.2 Å². The molecule has 6 N–H and O–H groups in total. The molecule has 0 fully saturated rings. The minimum Gasteiger partial charge on any atom is -0.508 e. The molecule has 0 bridgehead atoms. The number of aliphatic hydroxyl groups is 3. The monoisotopic (exact) mass is 243 g/mol. The van der Waals surface area contributed by atoms with Crippen LogP contribution < -0.4 is 5.32 Å². The second-order valence-electron chi connectivity index (χ2n) is 3.92. The molecule has 0 heterocycles. The van der Waals surface area contributed by atoms with Gasteiger partial charge in [0, 0.05) is 18.2 Å². The van der Waals surface area contributed by atoms with Gasteiger partial charge in [0.2, 0.25) is 0 Å². The van der Waals surface area contributed by atoms with Gasteiger partial charge in [-0.1, -0.05) is 6.07 Å². The lowest BCUT2D eigenvalue weighted by molar-refractivity contribution is 0.0412. The molecule has 0 aromatic heterocycles. The zero-order valence-corrected chi connectivity index (χ0v) is 9.30. The molecule has 6 nitrogen and oxygen atoms in total. The SMILES string of the molecule is OCC(CO)(CO)NCc1ccc(O)cc1O. The van der Waals surface area contributed by atoms with Crippen molar-refractivity contribution >= 4 is 0 Å². The first-order valence-corrected chi connectivity index (χ1v) is 5.15. The van der Waals surface area contributed by atoms with Gasteiger partial charge in [-0.25, -0.2) is 0 Å². The summed E-state index contributed by atoms with van der Waals surface area (Å²) in [7, 11) is 0. The number of hydrogen-bond donors (Lipinski definition) is 6. The average Bonchev–Trinajstić information content (AvgIpc) is 2.33. The number of phenols is 2. The molecule has 6 heteroatoms. The first kappa shape index (κ1) is 13.7. The lowest BCUT2D eigenvalue weighted by Crippen LogP contribution is -2.54. The summed E-state index contributed by atoms with van der Waals surface area (Å²) in [6.45, 7) is -1.15. The molecule has 96 valence electrons. The maximum Gasteiger partial charge on any atom is 0.123 e. The maximum atomic E-state index is 9.52. The summed E-state index contributed by atoms with van der Waals surface area (Å²) >= 11 is 0. The zero-order valence-electron chi connectivity index (χ0n) is 9.30. The van der Waals surface area contributed by atoms with Crippen LogP contribution in [0.3, 0.4) is 0 Å². The number of nitrogens with one attached hydrogen (secondary N) is 1. The van der Waals surface area contributed by atoms with Crippen LogP contribution in [0.1, 0.15) is 5.56 Å². The Morgan fingerprint density at radius 2 is 1.59 bits per heavy atom. The highest BCUT2D eigenvalue weighted by Gasteiger charge is 2.27. The van der Waals surface area contributed by atoms with Gasteiger partial charge in [0.15, 0.2) is 0 Å². The first-order chi connectivity index (χ1) is 8.06. The van der Waals surface area contributed by atoms with E-state index in [0.29, 0.717) is 5.56 Å². The van der Waals surface area contributed by atoms with Crippen molar-refractivity contribution in [1.82, 2.24) is 5.32 Å². The molecule has 0 spiro atoms. The molecule has 17 heavy (non-hydrogen) atoms. The van der Waals surface area contributed by atoms with Crippen molar-refractivity contribution in [1.29, 1.82) is 0 Å². The second-order valence-corrected chi connectivity index (χ2v) is 3.92. The summed E-state index contributed by atoms with van der Waals surface area (Å²) in [5, 5.41) is 48.6. The van der Waals surface area contributed by atoms with Crippen LogP contribution in [-0.4, -0.2) is 50.9 Å². The van der Waals surface area contributed by atoms with E-state index in [-0.39, 0.29) is 18.0 Å². The maximum absolute atomic E-state index is 9.52. The number of hydrogen-bond acceptors (Lipinski definition) is 6. The fourth-order valence-corrected chi connectivity index (χ4v) is 1.30. The first-order valence-electron chi connectivity index (χ1n) is 5.15. The van der Waals surface area contributed by atoms with Crippen LogP contribution in [0.4, 0.5) is 0 Å². The van der Waals surface area contributed by atoms with E-state index >= 15 is 0 Å². The summed E-state index contributed by atoms with van der Waals surface area (Å²) in [6, 6.07) is 4.11.